The number of aryl methyl sites for hydroxylation is 1. The monoisotopic (exact) mass is 222 g/mol. The number of hydrogen-bond acceptors (Lipinski definition) is 2. The van der Waals surface area contributed by atoms with E-state index in [1.165, 1.54) is 19.1 Å². The predicted molar refractivity (Wildman–Crippen MR) is 49.0 cm³/mol. The standard InChI is InChI=1S/C8H8ClFO2S/c1-6-4-7(10)2-3-8(6)13(11,12)5-9/h2-4H,5H2,1H3. The van der Waals surface area contributed by atoms with Crippen LogP contribution < -0.4 is 0 Å². The second kappa shape index (κ2) is 3.64. The molecule has 0 saturated heterocycles. The first kappa shape index (κ1) is 10.5. The van der Waals surface area contributed by atoms with E-state index in [2.05, 4.69) is 0 Å². The van der Waals surface area contributed by atoms with Crippen molar-refractivity contribution in [2.24, 2.45) is 0 Å². The van der Waals surface area contributed by atoms with Crippen LogP contribution in [-0.4, -0.2) is 13.6 Å². The largest absolute Gasteiger partial charge is 0.222 e. The summed E-state index contributed by atoms with van der Waals surface area (Å²) in [7, 11) is -3.45. The summed E-state index contributed by atoms with van der Waals surface area (Å²) in [5, 5.41) is -0.487. The van der Waals surface area contributed by atoms with Crippen LogP contribution in [0.15, 0.2) is 23.1 Å². The molecule has 0 fully saturated rings. The lowest BCUT2D eigenvalue weighted by Crippen LogP contribution is -2.04. The van der Waals surface area contributed by atoms with Crippen LogP contribution in [0.2, 0.25) is 0 Å². The number of alkyl halides is 1. The van der Waals surface area contributed by atoms with Crippen molar-refractivity contribution < 1.29 is 12.8 Å². The number of hydrogen-bond donors (Lipinski definition) is 0. The van der Waals surface area contributed by atoms with Crippen molar-refractivity contribution in [1.29, 1.82) is 0 Å². The molecule has 1 rings (SSSR count). The summed E-state index contributed by atoms with van der Waals surface area (Å²) in [6.45, 7) is 1.53. The van der Waals surface area contributed by atoms with Crippen molar-refractivity contribution in [3.8, 4) is 0 Å². The second-order valence-electron chi connectivity index (χ2n) is 2.63. The molecule has 0 spiro atoms. The van der Waals surface area contributed by atoms with E-state index in [0.717, 1.165) is 6.07 Å². The smallest absolute Gasteiger partial charge is 0.192 e. The zero-order chi connectivity index (χ0) is 10.1. The zero-order valence-corrected chi connectivity index (χ0v) is 8.49. The highest BCUT2D eigenvalue weighted by atomic mass is 35.5. The van der Waals surface area contributed by atoms with Gasteiger partial charge in [0, 0.05) is 0 Å². The fourth-order valence-electron chi connectivity index (χ4n) is 1.02. The lowest BCUT2D eigenvalue weighted by molar-refractivity contribution is 0.598. The highest BCUT2D eigenvalue weighted by Crippen LogP contribution is 2.18. The first-order valence-corrected chi connectivity index (χ1v) is 5.71. The Morgan fingerprint density at radius 1 is 1.46 bits per heavy atom. The summed E-state index contributed by atoms with van der Waals surface area (Å²) in [6, 6.07) is 3.49. The summed E-state index contributed by atoms with van der Waals surface area (Å²) >= 11 is 5.26. The third kappa shape index (κ3) is 2.19. The van der Waals surface area contributed by atoms with E-state index < -0.39 is 20.9 Å². The van der Waals surface area contributed by atoms with Gasteiger partial charge in [0.1, 0.15) is 11.0 Å². The molecule has 72 valence electrons. The molecule has 5 heteroatoms. The first-order chi connectivity index (χ1) is 5.97. The predicted octanol–water partition coefficient (Wildman–Crippen LogP) is 2.10. The SMILES string of the molecule is Cc1cc(F)ccc1S(=O)(=O)CCl. The molecule has 0 aliphatic carbocycles. The van der Waals surface area contributed by atoms with Crippen molar-refractivity contribution >= 4 is 21.4 Å². The average molecular weight is 223 g/mol. The van der Waals surface area contributed by atoms with Gasteiger partial charge in [-0.2, -0.15) is 0 Å². The van der Waals surface area contributed by atoms with E-state index in [1.807, 2.05) is 0 Å². The molecule has 0 radical (unpaired) electrons. The summed E-state index contributed by atoms with van der Waals surface area (Å²) in [5.74, 6) is -0.453. The maximum absolute atomic E-state index is 12.6. The molecule has 0 aliphatic rings. The van der Waals surface area contributed by atoms with Crippen LogP contribution in [-0.2, 0) is 9.84 Å². The van der Waals surface area contributed by atoms with Crippen LogP contribution in [0.1, 0.15) is 5.56 Å². The van der Waals surface area contributed by atoms with E-state index in [4.69, 9.17) is 11.6 Å². The van der Waals surface area contributed by atoms with Gasteiger partial charge in [-0.25, -0.2) is 12.8 Å². The molecule has 2 nitrogen and oxygen atoms in total. The van der Waals surface area contributed by atoms with Gasteiger partial charge in [-0.05, 0) is 30.7 Å². The number of sulfone groups is 1. The molecule has 0 aromatic heterocycles. The minimum atomic E-state index is -3.45. The van der Waals surface area contributed by atoms with Gasteiger partial charge in [-0.15, -0.1) is 11.6 Å². The molecule has 13 heavy (non-hydrogen) atoms. The van der Waals surface area contributed by atoms with Crippen LogP contribution in [0.5, 0.6) is 0 Å². The average Bonchev–Trinajstić information content (AvgIpc) is 2.03. The Morgan fingerprint density at radius 2 is 2.08 bits per heavy atom. The van der Waals surface area contributed by atoms with Crippen LogP contribution >= 0.6 is 11.6 Å². The Hall–Kier alpha value is -0.610. The molecule has 0 amide bonds. The maximum Gasteiger partial charge on any atom is 0.192 e. The van der Waals surface area contributed by atoms with Gasteiger partial charge in [0.05, 0.1) is 4.90 Å². The summed E-state index contributed by atoms with van der Waals surface area (Å²) in [5.41, 5.74) is 0.376. The van der Waals surface area contributed by atoms with Gasteiger partial charge in [-0.1, -0.05) is 0 Å². The summed E-state index contributed by atoms with van der Waals surface area (Å²) in [6.07, 6.45) is 0. The van der Waals surface area contributed by atoms with Crippen LogP contribution in [0.25, 0.3) is 0 Å². The molecule has 0 aliphatic heterocycles. The number of rotatable bonds is 2. The lowest BCUT2D eigenvalue weighted by atomic mass is 10.2. The van der Waals surface area contributed by atoms with Gasteiger partial charge in [0.15, 0.2) is 9.84 Å². The van der Waals surface area contributed by atoms with E-state index >= 15 is 0 Å². The van der Waals surface area contributed by atoms with Gasteiger partial charge < -0.3 is 0 Å². The van der Waals surface area contributed by atoms with Crippen molar-refractivity contribution in [2.75, 3.05) is 5.21 Å². The lowest BCUT2D eigenvalue weighted by Gasteiger charge is -2.03. The fraction of sp³-hybridized carbons (Fsp3) is 0.250. The highest BCUT2D eigenvalue weighted by molar-refractivity contribution is 7.92. The molecule has 0 atom stereocenters. The van der Waals surface area contributed by atoms with E-state index in [0.29, 0.717) is 5.56 Å². The molecular formula is C8H8ClFO2S. The van der Waals surface area contributed by atoms with E-state index in [-0.39, 0.29) is 4.90 Å². The second-order valence-corrected chi connectivity index (χ2v) is 5.18. The molecule has 0 N–H and O–H groups in total. The number of benzene rings is 1. The van der Waals surface area contributed by atoms with Crippen LogP contribution in [0.3, 0.4) is 0 Å². The van der Waals surface area contributed by atoms with Crippen LogP contribution in [0.4, 0.5) is 4.39 Å². The van der Waals surface area contributed by atoms with Crippen molar-refractivity contribution in [3.63, 3.8) is 0 Å². The minimum absolute atomic E-state index is 0.0869. The molecule has 1 aromatic rings. The summed E-state index contributed by atoms with van der Waals surface area (Å²) in [4.78, 5) is 0.0869. The highest BCUT2D eigenvalue weighted by Gasteiger charge is 2.15. The van der Waals surface area contributed by atoms with Gasteiger partial charge >= 0.3 is 0 Å². The van der Waals surface area contributed by atoms with E-state index in [1.54, 1.807) is 0 Å². The third-order valence-electron chi connectivity index (χ3n) is 1.62. The molecule has 1 aromatic carbocycles. The Labute approximate surface area is 81.3 Å². The Bertz CT molecular complexity index is 414. The molecule has 0 unspecified atom stereocenters. The van der Waals surface area contributed by atoms with Gasteiger partial charge in [0.2, 0.25) is 0 Å². The third-order valence-corrected chi connectivity index (χ3v) is 3.89. The molecule has 0 bridgehead atoms. The number of halogens is 2. The molecular weight excluding hydrogens is 215 g/mol. The van der Waals surface area contributed by atoms with Crippen molar-refractivity contribution in [1.82, 2.24) is 0 Å². The maximum atomic E-state index is 12.6. The van der Waals surface area contributed by atoms with Crippen molar-refractivity contribution in [2.45, 2.75) is 11.8 Å². The molecule has 0 heterocycles. The topological polar surface area (TPSA) is 34.1 Å². The first-order valence-electron chi connectivity index (χ1n) is 3.52. The Balaban J connectivity index is 3.33. The summed E-state index contributed by atoms with van der Waals surface area (Å²) < 4.78 is 35.2. The molecule has 0 saturated carbocycles. The van der Waals surface area contributed by atoms with Crippen molar-refractivity contribution in [3.05, 3.63) is 29.6 Å². The van der Waals surface area contributed by atoms with Crippen LogP contribution in [0, 0.1) is 12.7 Å². The zero-order valence-electron chi connectivity index (χ0n) is 6.92. The quantitative estimate of drug-likeness (QED) is 0.567. The normalized spacial score (nSPS) is 11.6. The fourth-order valence-corrected chi connectivity index (χ4v) is 2.32. The van der Waals surface area contributed by atoms with Gasteiger partial charge in [0.25, 0.3) is 0 Å². The Morgan fingerprint density at radius 3 is 2.54 bits per heavy atom. The Kier molecular flexibility index (Phi) is 2.93. The van der Waals surface area contributed by atoms with Gasteiger partial charge in [-0.3, -0.25) is 0 Å². The van der Waals surface area contributed by atoms with E-state index in [9.17, 15) is 12.8 Å². The minimum Gasteiger partial charge on any atom is -0.222 e.